The van der Waals surface area contributed by atoms with Gasteiger partial charge in [-0.15, -0.1) is 0 Å². The standard InChI is InChI=1S/C49H82O10Si11/c1-60(2,3)50-64(13,45-35-25-20-26-36-45)54-65(14,46-37-27-21-28-38-46)55-66(15,47-39-29-22-30-40-47)56-67(16,48-41-31-23-32-42-48)57-68(17,49-43-33-24-34-44-49)58-70(19,53-63(10,11)12)59-69(18,51-61(4,5)6)52-62(7,8)9/h20-44H,1-19H3. The summed E-state index contributed by atoms with van der Waals surface area (Å²) in [6.07, 6.45) is 0. The summed E-state index contributed by atoms with van der Waals surface area (Å²) in [5, 5.41) is 4.82. The van der Waals surface area contributed by atoms with Crippen molar-refractivity contribution in [2.45, 2.75) is 124 Å². The SMILES string of the molecule is C[Si](C)(C)O[Si](C)(O[Si](C)(C)C)O[Si](C)(O[Si](C)(C)C)O[Si](C)(O[Si](C)(O[Si](C)(O[Si](C)(O[Si](C)(O[Si](C)(C)C)c1ccccc1)c1ccccc1)c1ccccc1)c1ccccc1)c1ccccc1. The molecular weight excluding hydrogens is 1060 g/mol. The Hall–Kier alpha value is -1.91. The van der Waals surface area contributed by atoms with E-state index >= 15 is 0 Å². The lowest BCUT2D eigenvalue weighted by Crippen LogP contribution is -2.74. The summed E-state index contributed by atoms with van der Waals surface area (Å²) < 4.78 is 75.3. The monoisotopic (exact) mass is 1140 g/mol. The first kappa shape index (κ1) is 59.0. The third-order valence-electron chi connectivity index (χ3n) is 10.8. The smallest absolute Gasteiger partial charge is 0.433 e. The van der Waals surface area contributed by atoms with Crippen molar-refractivity contribution in [3.05, 3.63) is 152 Å². The van der Waals surface area contributed by atoms with E-state index < -0.39 is 93.7 Å². The maximum absolute atomic E-state index is 8.04. The summed E-state index contributed by atoms with van der Waals surface area (Å²) in [5.41, 5.74) is 0. The van der Waals surface area contributed by atoms with Crippen molar-refractivity contribution in [1.82, 2.24) is 0 Å². The Labute approximate surface area is 433 Å². The molecule has 0 aliphatic carbocycles. The highest BCUT2D eigenvalue weighted by Gasteiger charge is 2.60. The fourth-order valence-electron chi connectivity index (χ4n) is 8.95. The topological polar surface area (TPSA) is 92.3 Å². The van der Waals surface area contributed by atoms with Gasteiger partial charge in [-0.3, -0.25) is 0 Å². The first-order valence-electron chi connectivity index (χ1n) is 24.4. The molecule has 10 nitrogen and oxygen atoms in total. The molecule has 5 rings (SSSR count). The average molecular weight is 1140 g/mol. The second-order valence-electron chi connectivity index (χ2n) is 22.8. The van der Waals surface area contributed by atoms with Crippen LogP contribution in [-0.4, -0.2) is 93.7 Å². The zero-order valence-electron chi connectivity index (χ0n) is 45.5. The minimum Gasteiger partial charge on any atom is -0.433 e. The van der Waals surface area contributed by atoms with Gasteiger partial charge in [0.2, 0.25) is 0 Å². The Kier molecular flexibility index (Phi) is 19.0. The molecule has 382 valence electrons. The van der Waals surface area contributed by atoms with Gasteiger partial charge in [-0.25, -0.2) is 0 Å². The van der Waals surface area contributed by atoms with Crippen LogP contribution in [0.3, 0.4) is 0 Å². The maximum Gasteiger partial charge on any atom is 0.471 e. The molecule has 0 saturated carbocycles. The summed E-state index contributed by atoms with van der Waals surface area (Å²) in [5.74, 6) is 0. The van der Waals surface area contributed by atoms with Crippen molar-refractivity contribution >= 4 is 120 Å². The van der Waals surface area contributed by atoms with Crippen LogP contribution in [0.4, 0.5) is 0 Å². The molecule has 0 spiro atoms. The zero-order valence-corrected chi connectivity index (χ0v) is 56.5. The highest BCUT2D eigenvalue weighted by Crippen LogP contribution is 2.34. The number of benzene rings is 5. The van der Waals surface area contributed by atoms with E-state index in [2.05, 4.69) is 208 Å². The summed E-state index contributed by atoms with van der Waals surface area (Å²) in [4.78, 5) is 0. The third-order valence-corrected chi connectivity index (χ3v) is 52.0. The fourth-order valence-corrected chi connectivity index (χ4v) is 59.1. The molecule has 6 atom stereocenters. The molecule has 6 unspecified atom stereocenters. The van der Waals surface area contributed by atoms with Crippen molar-refractivity contribution in [3.63, 3.8) is 0 Å². The van der Waals surface area contributed by atoms with Gasteiger partial charge in [0, 0.05) is 13.1 Å². The Morgan fingerprint density at radius 1 is 0.186 bits per heavy atom. The Morgan fingerprint density at radius 3 is 0.557 bits per heavy atom. The normalized spacial score (nSPS) is 18.3. The molecule has 0 fully saturated rings. The van der Waals surface area contributed by atoms with Crippen LogP contribution in [0.1, 0.15) is 0 Å². The quantitative estimate of drug-likeness (QED) is 0.0526. The van der Waals surface area contributed by atoms with Gasteiger partial charge in [-0.1, -0.05) is 152 Å². The van der Waals surface area contributed by atoms with Gasteiger partial charge in [-0.05, 0) is 137 Å². The van der Waals surface area contributed by atoms with Crippen LogP contribution in [0.15, 0.2) is 152 Å². The van der Waals surface area contributed by atoms with Crippen LogP contribution in [0.5, 0.6) is 0 Å². The lowest BCUT2D eigenvalue weighted by molar-refractivity contribution is 0.174. The largest absolute Gasteiger partial charge is 0.471 e. The van der Waals surface area contributed by atoms with E-state index in [4.69, 9.17) is 41.2 Å². The Bertz CT molecular complexity index is 2400. The molecule has 0 aliphatic rings. The molecule has 5 aromatic rings. The molecule has 70 heavy (non-hydrogen) atoms. The van der Waals surface area contributed by atoms with Crippen molar-refractivity contribution in [3.8, 4) is 0 Å². The molecule has 0 aromatic heterocycles. The van der Waals surface area contributed by atoms with Gasteiger partial charge in [0.25, 0.3) is 0 Å². The number of rotatable bonds is 25. The molecule has 0 bridgehead atoms. The molecule has 0 heterocycles. The first-order chi connectivity index (χ1) is 32.1. The van der Waals surface area contributed by atoms with Crippen LogP contribution in [0.2, 0.25) is 124 Å². The van der Waals surface area contributed by atoms with E-state index in [-0.39, 0.29) is 0 Å². The maximum atomic E-state index is 8.04. The molecule has 5 aromatic carbocycles. The minimum absolute atomic E-state index is 0.916. The zero-order chi connectivity index (χ0) is 52.1. The highest BCUT2D eigenvalue weighted by atomic mass is 28.6. The van der Waals surface area contributed by atoms with Gasteiger partial charge >= 0.3 is 60.4 Å². The Balaban J connectivity index is 1.75. The van der Waals surface area contributed by atoms with Crippen LogP contribution in [0.25, 0.3) is 0 Å². The highest BCUT2D eigenvalue weighted by molar-refractivity contribution is 7.04. The third kappa shape index (κ3) is 17.1. The molecule has 0 radical (unpaired) electrons. The summed E-state index contributed by atoms with van der Waals surface area (Å²) in [6.45, 7) is 40.9. The van der Waals surface area contributed by atoms with Crippen molar-refractivity contribution in [2.24, 2.45) is 0 Å². The average Bonchev–Trinajstić information content (AvgIpc) is 3.22. The van der Waals surface area contributed by atoms with E-state index in [0.717, 1.165) is 25.9 Å². The van der Waals surface area contributed by atoms with Gasteiger partial charge in [0.1, 0.15) is 0 Å². The first-order valence-corrected chi connectivity index (χ1v) is 54.1. The van der Waals surface area contributed by atoms with Crippen LogP contribution >= 0.6 is 0 Å². The van der Waals surface area contributed by atoms with E-state index in [0.29, 0.717) is 0 Å². The molecule has 0 aliphatic heterocycles. The lowest BCUT2D eigenvalue weighted by atomic mass is 10.4. The number of hydrogen-bond donors (Lipinski definition) is 0. The van der Waals surface area contributed by atoms with E-state index in [1.54, 1.807) is 0 Å². The second-order valence-corrected chi connectivity index (χ2v) is 63.6. The van der Waals surface area contributed by atoms with Gasteiger partial charge < -0.3 is 41.2 Å². The second kappa shape index (κ2) is 22.5. The van der Waals surface area contributed by atoms with E-state index in [1.807, 2.05) is 67.7 Å². The van der Waals surface area contributed by atoms with Crippen LogP contribution in [-0.2, 0) is 41.2 Å². The lowest BCUT2D eigenvalue weighted by Gasteiger charge is -2.48. The van der Waals surface area contributed by atoms with Crippen LogP contribution < -0.4 is 25.9 Å². The Morgan fingerprint density at radius 2 is 0.357 bits per heavy atom. The van der Waals surface area contributed by atoms with Crippen LogP contribution in [0, 0.1) is 0 Å². The van der Waals surface area contributed by atoms with Crippen molar-refractivity contribution in [2.75, 3.05) is 0 Å². The molecule has 21 heteroatoms. The predicted molar refractivity (Wildman–Crippen MR) is 316 cm³/mol. The van der Waals surface area contributed by atoms with E-state index in [9.17, 15) is 0 Å². The van der Waals surface area contributed by atoms with Gasteiger partial charge in [0.05, 0.1) is 0 Å². The summed E-state index contributed by atoms with van der Waals surface area (Å²) >= 11 is 0. The van der Waals surface area contributed by atoms with Crippen molar-refractivity contribution in [1.29, 1.82) is 0 Å². The van der Waals surface area contributed by atoms with E-state index in [1.165, 1.54) is 0 Å². The fraction of sp³-hybridized carbons (Fsp3) is 0.388. The predicted octanol–water partition coefficient (Wildman–Crippen LogP) is 10.5. The summed E-state index contributed by atoms with van der Waals surface area (Å²) in [6, 6.07) is 51.8. The summed E-state index contributed by atoms with van der Waals surface area (Å²) in [7, 11) is -33.8. The minimum atomic E-state index is -3.74. The molecular formula is C49H82O10Si11. The molecule has 0 amide bonds. The molecule has 0 N–H and O–H groups in total. The number of hydrogen-bond acceptors (Lipinski definition) is 10. The molecule has 0 saturated heterocycles. The van der Waals surface area contributed by atoms with Gasteiger partial charge in [-0.2, -0.15) is 0 Å². The van der Waals surface area contributed by atoms with Gasteiger partial charge in [0.15, 0.2) is 33.3 Å². The van der Waals surface area contributed by atoms with Crippen molar-refractivity contribution < 1.29 is 41.2 Å².